The zero-order valence-electron chi connectivity index (χ0n) is 10.8. The van der Waals surface area contributed by atoms with E-state index < -0.39 is 0 Å². The van der Waals surface area contributed by atoms with Gasteiger partial charge in [-0.05, 0) is 32.5 Å². The maximum atomic E-state index is 5.19. The Morgan fingerprint density at radius 2 is 2.39 bits per heavy atom. The fourth-order valence-corrected chi connectivity index (χ4v) is 2.57. The fourth-order valence-electron chi connectivity index (χ4n) is 2.57. The van der Waals surface area contributed by atoms with Crippen molar-refractivity contribution in [3.8, 4) is 5.75 Å². The highest BCUT2D eigenvalue weighted by molar-refractivity contribution is 5.43. The van der Waals surface area contributed by atoms with Crippen molar-refractivity contribution in [1.82, 2.24) is 19.5 Å². The van der Waals surface area contributed by atoms with E-state index in [2.05, 4.69) is 22.0 Å². The lowest BCUT2D eigenvalue weighted by Gasteiger charge is -2.17. The van der Waals surface area contributed by atoms with E-state index in [1.807, 2.05) is 22.8 Å². The summed E-state index contributed by atoms with van der Waals surface area (Å²) in [7, 11) is 3.84. The summed E-state index contributed by atoms with van der Waals surface area (Å²) in [5, 5.41) is 4.51. The first-order valence-corrected chi connectivity index (χ1v) is 6.36. The third-order valence-corrected chi connectivity index (χ3v) is 3.68. The van der Waals surface area contributed by atoms with Gasteiger partial charge in [-0.15, -0.1) is 0 Å². The van der Waals surface area contributed by atoms with Gasteiger partial charge in [0.25, 0.3) is 0 Å². The summed E-state index contributed by atoms with van der Waals surface area (Å²) in [4.78, 5) is 6.96. The summed E-state index contributed by atoms with van der Waals surface area (Å²) in [6, 6.07) is 4.39. The van der Waals surface area contributed by atoms with Crippen LogP contribution in [0.1, 0.15) is 18.7 Å². The highest BCUT2D eigenvalue weighted by atomic mass is 16.5. The Hall–Kier alpha value is -1.62. The summed E-state index contributed by atoms with van der Waals surface area (Å²) in [6.07, 6.45) is 5.35. The summed E-state index contributed by atoms with van der Waals surface area (Å²) in [5.41, 5.74) is 0.852. The van der Waals surface area contributed by atoms with Crippen LogP contribution in [-0.2, 0) is 6.42 Å². The van der Waals surface area contributed by atoms with Gasteiger partial charge in [-0.2, -0.15) is 5.10 Å². The Kier molecular flexibility index (Phi) is 2.91. The summed E-state index contributed by atoms with van der Waals surface area (Å²) in [6.45, 7) is 1.19. The van der Waals surface area contributed by atoms with Crippen LogP contribution in [0.5, 0.6) is 5.75 Å². The molecule has 2 aromatic heterocycles. The molecule has 0 N–H and O–H groups in total. The molecule has 1 saturated heterocycles. The van der Waals surface area contributed by atoms with Gasteiger partial charge >= 0.3 is 0 Å². The minimum absolute atomic E-state index is 0.587. The molecule has 0 bridgehead atoms. The van der Waals surface area contributed by atoms with Crippen molar-refractivity contribution >= 4 is 5.65 Å². The van der Waals surface area contributed by atoms with Gasteiger partial charge in [0.2, 0.25) is 0 Å². The van der Waals surface area contributed by atoms with Gasteiger partial charge < -0.3 is 9.64 Å². The van der Waals surface area contributed by atoms with E-state index in [0.29, 0.717) is 6.04 Å². The van der Waals surface area contributed by atoms with Crippen molar-refractivity contribution in [2.45, 2.75) is 25.3 Å². The Bertz CT molecular complexity index is 551. The zero-order chi connectivity index (χ0) is 12.5. The molecule has 1 aliphatic rings. The van der Waals surface area contributed by atoms with Crippen LogP contribution in [0.25, 0.3) is 5.65 Å². The normalized spacial score (nSPS) is 20.7. The third-order valence-electron chi connectivity index (χ3n) is 3.68. The van der Waals surface area contributed by atoms with E-state index in [1.165, 1.54) is 19.4 Å². The Morgan fingerprint density at radius 3 is 3.11 bits per heavy atom. The van der Waals surface area contributed by atoms with E-state index in [9.17, 15) is 0 Å². The first-order valence-electron chi connectivity index (χ1n) is 6.36. The van der Waals surface area contributed by atoms with Crippen molar-refractivity contribution < 1.29 is 4.74 Å². The van der Waals surface area contributed by atoms with E-state index in [1.54, 1.807) is 7.11 Å². The molecular weight excluding hydrogens is 228 g/mol. The quantitative estimate of drug-likeness (QED) is 0.820. The Balaban J connectivity index is 1.84. The lowest BCUT2D eigenvalue weighted by atomic mass is 10.1. The highest BCUT2D eigenvalue weighted by Crippen LogP contribution is 2.19. The van der Waals surface area contributed by atoms with Gasteiger partial charge in [0.15, 0.2) is 11.5 Å². The number of rotatable bonds is 3. The Labute approximate surface area is 106 Å². The number of hydrogen-bond acceptors (Lipinski definition) is 4. The van der Waals surface area contributed by atoms with Crippen molar-refractivity contribution in [2.24, 2.45) is 0 Å². The summed E-state index contributed by atoms with van der Waals surface area (Å²) >= 11 is 0. The van der Waals surface area contributed by atoms with Crippen LogP contribution < -0.4 is 4.74 Å². The topological polar surface area (TPSA) is 42.7 Å². The molecule has 1 fully saturated rings. The van der Waals surface area contributed by atoms with Crippen LogP contribution in [0.15, 0.2) is 18.3 Å². The molecule has 5 nitrogen and oxygen atoms in total. The second kappa shape index (κ2) is 4.57. The number of hydrogen-bond donors (Lipinski definition) is 0. The van der Waals surface area contributed by atoms with Crippen LogP contribution >= 0.6 is 0 Å². The zero-order valence-corrected chi connectivity index (χ0v) is 10.8. The van der Waals surface area contributed by atoms with Crippen LogP contribution in [-0.4, -0.2) is 46.2 Å². The van der Waals surface area contributed by atoms with Crippen molar-refractivity contribution in [3.05, 3.63) is 24.2 Å². The minimum Gasteiger partial charge on any atom is -0.497 e. The predicted molar refractivity (Wildman–Crippen MR) is 68.9 cm³/mol. The second-order valence-corrected chi connectivity index (χ2v) is 4.88. The second-order valence-electron chi connectivity index (χ2n) is 4.88. The van der Waals surface area contributed by atoms with Crippen molar-refractivity contribution in [1.29, 1.82) is 0 Å². The van der Waals surface area contributed by atoms with Crippen LogP contribution in [0, 0.1) is 0 Å². The fraction of sp³-hybridized carbons (Fsp3) is 0.538. The molecule has 0 radical (unpaired) electrons. The molecule has 0 aromatic carbocycles. The van der Waals surface area contributed by atoms with Crippen LogP contribution in [0.3, 0.4) is 0 Å². The van der Waals surface area contributed by atoms with Gasteiger partial charge in [-0.3, -0.25) is 0 Å². The number of ether oxygens (including phenoxy) is 1. The maximum Gasteiger partial charge on any atom is 0.159 e. The van der Waals surface area contributed by atoms with E-state index in [-0.39, 0.29) is 0 Å². The molecule has 1 aliphatic heterocycles. The van der Waals surface area contributed by atoms with E-state index in [4.69, 9.17) is 4.74 Å². The molecule has 1 atom stereocenters. The number of likely N-dealkylation sites (N-methyl/N-ethyl adjacent to an activating group) is 1. The number of methoxy groups -OCH3 is 1. The van der Waals surface area contributed by atoms with E-state index in [0.717, 1.165) is 23.6 Å². The summed E-state index contributed by atoms with van der Waals surface area (Å²) < 4.78 is 7.01. The molecule has 0 aliphatic carbocycles. The number of pyridine rings is 1. The molecular formula is C13H18N4O. The molecule has 96 valence electrons. The predicted octanol–water partition coefficient (Wildman–Crippen LogP) is 1.37. The average Bonchev–Trinajstić information content (AvgIpc) is 2.95. The first-order chi connectivity index (χ1) is 8.76. The molecule has 3 heterocycles. The van der Waals surface area contributed by atoms with Crippen LogP contribution in [0.2, 0.25) is 0 Å². The number of aromatic nitrogens is 3. The van der Waals surface area contributed by atoms with Gasteiger partial charge in [0, 0.05) is 24.7 Å². The molecule has 3 rings (SSSR count). The molecule has 18 heavy (non-hydrogen) atoms. The molecule has 0 spiro atoms. The van der Waals surface area contributed by atoms with Gasteiger partial charge in [0.1, 0.15) is 5.75 Å². The largest absolute Gasteiger partial charge is 0.497 e. The van der Waals surface area contributed by atoms with Gasteiger partial charge in [-0.1, -0.05) is 0 Å². The van der Waals surface area contributed by atoms with E-state index >= 15 is 0 Å². The van der Waals surface area contributed by atoms with Gasteiger partial charge in [-0.25, -0.2) is 9.50 Å². The lowest BCUT2D eigenvalue weighted by molar-refractivity contribution is 0.306. The molecule has 2 aromatic rings. The number of fused-ring (bicyclic) bond motifs is 1. The number of nitrogens with zero attached hydrogens (tertiary/aromatic N) is 4. The monoisotopic (exact) mass is 246 g/mol. The SMILES string of the molecule is COc1ccn2nc(CC3CCCN3C)nc2c1. The first kappa shape index (κ1) is 11.5. The third kappa shape index (κ3) is 2.06. The summed E-state index contributed by atoms with van der Waals surface area (Å²) in [5.74, 6) is 1.74. The molecule has 0 amide bonds. The van der Waals surface area contributed by atoms with Gasteiger partial charge in [0.05, 0.1) is 7.11 Å². The highest BCUT2D eigenvalue weighted by Gasteiger charge is 2.22. The van der Waals surface area contributed by atoms with Crippen molar-refractivity contribution in [3.63, 3.8) is 0 Å². The smallest absolute Gasteiger partial charge is 0.159 e. The Morgan fingerprint density at radius 1 is 1.50 bits per heavy atom. The maximum absolute atomic E-state index is 5.19. The minimum atomic E-state index is 0.587. The lowest BCUT2D eigenvalue weighted by Crippen LogP contribution is -2.27. The molecule has 0 saturated carbocycles. The number of likely N-dealkylation sites (tertiary alicyclic amines) is 1. The standard InChI is InChI=1S/C13H18N4O/c1-16-6-3-4-10(16)8-12-14-13-9-11(18-2)5-7-17(13)15-12/h5,7,9-10H,3-4,6,8H2,1-2H3. The molecule has 5 heteroatoms. The average molecular weight is 246 g/mol. The molecule has 1 unspecified atom stereocenters. The van der Waals surface area contributed by atoms with Crippen molar-refractivity contribution in [2.75, 3.05) is 20.7 Å². The van der Waals surface area contributed by atoms with Crippen LogP contribution in [0.4, 0.5) is 0 Å².